The number of nitrogens with two attached hydrogens (primary N) is 1. The Balaban J connectivity index is 0.00000162. The van der Waals surface area contributed by atoms with Crippen LogP contribution in [0.3, 0.4) is 0 Å². The van der Waals surface area contributed by atoms with E-state index in [4.69, 9.17) is 5.73 Å². The van der Waals surface area contributed by atoms with E-state index < -0.39 is 6.04 Å². The van der Waals surface area contributed by atoms with Gasteiger partial charge in [0, 0.05) is 11.1 Å². The van der Waals surface area contributed by atoms with Crippen LogP contribution in [0.1, 0.15) is 30.6 Å². The highest BCUT2D eigenvalue weighted by molar-refractivity contribution is 7.15. The normalized spacial score (nSPS) is 17.9. The fourth-order valence-electron chi connectivity index (χ4n) is 1.86. The van der Waals surface area contributed by atoms with Gasteiger partial charge in [-0.3, -0.25) is 4.79 Å². The predicted molar refractivity (Wildman–Crippen MR) is 76.5 cm³/mol. The zero-order valence-corrected chi connectivity index (χ0v) is 11.9. The Labute approximate surface area is 117 Å². The molecule has 1 fully saturated rings. The SMILES string of the molecule is CC(N)C(=O)Nc1ncc(C2CCNCC2)s1.Cl. The lowest BCUT2D eigenvalue weighted by Gasteiger charge is -2.20. The molecule has 2 heterocycles. The summed E-state index contributed by atoms with van der Waals surface area (Å²) in [6.45, 7) is 3.78. The largest absolute Gasteiger partial charge is 0.320 e. The molecule has 1 aromatic heterocycles. The van der Waals surface area contributed by atoms with Crippen LogP contribution >= 0.6 is 23.7 Å². The molecule has 1 aromatic rings. The molecular weight excluding hydrogens is 272 g/mol. The molecule has 4 N–H and O–H groups in total. The van der Waals surface area contributed by atoms with Crippen molar-refractivity contribution < 1.29 is 4.79 Å². The second-order valence-corrected chi connectivity index (χ2v) is 5.43. The van der Waals surface area contributed by atoms with Gasteiger partial charge in [0.2, 0.25) is 5.91 Å². The van der Waals surface area contributed by atoms with Crippen LogP contribution in [-0.4, -0.2) is 30.0 Å². The van der Waals surface area contributed by atoms with Crippen LogP contribution in [0, 0.1) is 0 Å². The fourth-order valence-corrected chi connectivity index (χ4v) is 2.85. The summed E-state index contributed by atoms with van der Waals surface area (Å²) in [5.41, 5.74) is 5.49. The van der Waals surface area contributed by atoms with Gasteiger partial charge in [-0.1, -0.05) is 0 Å². The molecule has 1 aliphatic rings. The van der Waals surface area contributed by atoms with Gasteiger partial charge in [0.25, 0.3) is 0 Å². The van der Waals surface area contributed by atoms with Crippen LogP contribution in [0.2, 0.25) is 0 Å². The van der Waals surface area contributed by atoms with E-state index in [1.807, 2.05) is 6.20 Å². The van der Waals surface area contributed by atoms with Crippen molar-refractivity contribution >= 4 is 34.8 Å². The van der Waals surface area contributed by atoms with Gasteiger partial charge in [-0.2, -0.15) is 0 Å². The number of hydrogen-bond donors (Lipinski definition) is 3. The van der Waals surface area contributed by atoms with Crippen molar-refractivity contribution in [1.29, 1.82) is 0 Å². The molecule has 102 valence electrons. The van der Waals surface area contributed by atoms with Gasteiger partial charge in [-0.05, 0) is 38.8 Å². The van der Waals surface area contributed by atoms with Crippen LogP contribution in [0.4, 0.5) is 5.13 Å². The third-order valence-corrected chi connectivity index (χ3v) is 3.98. The van der Waals surface area contributed by atoms with Gasteiger partial charge in [0.05, 0.1) is 6.04 Å². The molecule has 1 saturated heterocycles. The lowest BCUT2D eigenvalue weighted by atomic mass is 9.97. The van der Waals surface area contributed by atoms with Crippen molar-refractivity contribution in [2.24, 2.45) is 5.73 Å². The number of halogens is 1. The highest BCUT2D eigenvalue weighted by Gasteiger charge is 2.18. The maximum Gasteiger partial charge on any atom is 0.242 e. The zero-order chi connectivity index (χ0) is 12.3. The number of anilines is 1. The number of amides is 1. The number of carbonyl (C=O) groups is 1. The molecule has 1 amide bonds. The summed E-state index contributed by atoms with van der Waals surface area (Å²) < 4.78 is 0. The van der Waals surface area contributed by atoms with Gasteiger partial charge in [-0.15, -0.1) is 23.7 Å². The minimum atomic E-state index is -0.499. The van der Waals surface area contributed by atoms with Crippen molar-refractivity contribution in [3.05, 3.63) is 11.1 Å². The molecule has 1 unspecified atom stereocenters. The first-order valence-corrected chi connectivity index (χ1v) is 6.71. The van der Waals surface area contributed by atoms with Crippen molar-refractivity contribution in [1.82, 2.24) is 10.3 Å². The van der Waals surface area contributed by atoms with E-state index in [0.29, 0.717) is 11.0 Å². The second kappa shape index (κ2) is 7.04. The average molecular weight is 291 g/mol. The van der Waals surface area contributed by atoms with E-state index >= 15 is 0 Å². The van der Waals surface area contributed by atoms with E-state index in [1.54, 1.807) is 18.3 Å². The van der Waals surface area contributed by atoms with Crippen LogP contribution in [-0.2, 0) is 4.79 Å². The summed E-state index contributed by atoms with van der Waals surface area (Å²) in [4.78, 5) is 16.9. The Hall–Kier alpha value is -0.690. The van der Waals surface area contributed by atoms with Crippen LogP contribution in [0.15, 0.2) is 6.20 Å². The Kier molecular flexibility index (Phi) is 6.01. The molecule has 0 bridgehead atoms. The van der Waals surface area contributed by atoms with E-state index in [2.05, 4.69) is 15.6 Å². The fraction of sp³-hybridized carbons (Fsp3) is 0.636. The number of rotatable bonds is 3. The highest BCUT2D eigenvalue weighted by atomic mass is 35.5. The van der Waals surface area contributed by atoms with Crippen LogP contribution in [0.25, 0.3) is 0 Å². The maximum atomic E-state index is 11.4. The van der Waals surface area contributed by atoms with E-state index in [0.717, 1.165) is 25.9 Å². The van der Waals surface area contributed by atoms with Gasteiger partial charge in [0.1, 0.15) is 0 Å². The molecular formula is C11H19ClN4OS. The summed E-state index contributed by atoms with van der Waals surface area (Å²) in [5, 5.41) is 6.72. The van der Waals surface area contributed by atoms with Crippen LogP contribution in [0.5, 0.6) is 0 Å². The summed E-state index contributed by atoms with van der Waals surface area (Å²) >= 11 is 1.56. The van der Waals surface area contributed by atoms with Crippen molar-refractivity contribution in [2.45, 2.75) is 31.7 Å². The lowest BCUT2D eigenvalue weighted by molar-refractivity contribution is -0.117. The molecule has 1 atom stereocenters. The summed E-state index contributed by atoms with van der Waals surface area (Å²) in [6, 6.07) is -0.499. The molecule has 0 radical (unpaired) electrons. The number of hydrogen-bond acceptors (Lipinski definition) is 5. The van der Waals surface area contributed by atoms with E-state index in [9.17, 15) is 4.79 Å². The Morgan fingerprint density at radius 1 is 1.61 bits per heavy atom. The summed E-state index contributed by atoms with van der Waals surface area (Å²) in [7, 11) is 0. The third kappa shape index (κ3) is 3.91. The summed E-state index contributed by atoms with van der Waals surface area (Å²) in [6.07, 6.45) is 4.16. The van der Waals surface area contributed by atoms with Gasteiger partial charge >= 0.3 is 0 Å². The van der Waals surface area contributed by atoms with E-state index in [1.165, 1.54) is 4.88 Å². The second-order valence-electron chi connectivity index (χ2n) is 4.37. The monoisotopic (exact) mass is 290 g/mol. The van der Waals surface area contributed by atoms with Crippen molar-refractivity contribution in [2.75, 3.05) is 18.4 Å². The Bertz CT molecular complexity index is 390. The number of nitrogens with one attached hydrogen (secondary N) is 2. The number of piperidine rings is 1. The molecule has 0 spiro atoms. The number of carbonyl (C=O) groups excluding carboxylic acids is 1. The first-order chi connectivity index (χ1) is 8.16. The maximum absolute atomic E-state index is 11.4. The molecule has 0 aromatic carbocycles. The van der Waals surface area contributed by atoms with Gasteiger partial charge in [0.15, 0.2) is 5.13 Å². The first kappa shape index (κ1) is 15.4. The standard InChI is InChI=1S/C11H18N4OS.ClH/c1-7(12)10(16)15-11-14-6-9(17-11)8-2-4-13-5-3-8;/h6-8,13H,2-5,12H2,1H3,(H,14,15,16);1H. The van der Waals surface area contributed by atoms with E-state index in [-0.39, 0.29) is 18.3 Å². The number of nitrogens with zero attached hydrogens (tertiary/aromatic N) is 1. The predicted octanol–water partition coefficient (Wildman–Crippen LogP) is 1.32. The minimum Gasteiger partial charge on any atom is -0.320 e. The topological polar surface area (TPSA) is 80.0 Å². The smallest absolute Gasteiger partial charge is 0.242 e. The average Bonchev–Trinajstić information content (AvgIpc) is 2.78. The minimum absolute atomic E-state index is 0. The molecule has 1 aliphatic heterocycles. The molecule has 7 heteroatoms. The Morgan fingerprint density at radius 3 is 2.89 bits per heavy atom. The third-order valence-electron chi connectivity index (χ3n) is 2.91. The zero-order valence-electron chi connectivity index (χ0n) is 10.3. The first-order valence-electron chi connectivity index (χ1n) is 5.89. The molecule has 2 rings (SSSR count). The van der Waals surface area contributed by atoms with Crippen LogP contribution < -0.4 is 16.4 Å². The molecule has 0 saturated carbocycles. The lowest BCUT2D eigenvalue weighted by Crippen LogP contribution is -2.32. The number of aromatic nitrogens is 1. The summed E-state index contributed by atoms with van der Waals surface area (Å²) in [5.74, 6) is 0.394. The molecule has 5 nitrogen and oxygen atoms in total. The Morgan fingerprint density at radius 2 is 2.28 bits per heavy atom. The van der Waals surface area contributed by atoms with Gasteiger partial charge in [-0.25, -0.2) is 4.98 Å². The number of thiazole rings is 1. The van der Waals surface area contributed by atoms with Crippen molar-refractivity contribution in [3.8, 4) is 0 Å². The molecule has 18 heavy (non-hydrogen) atoms. The quantitative estimate of drug-likeness (QED) is 0.784. The van der Waals surface area contributed by atoms with Crippen molar-refractivity contribution in [3.63, 3.8) is 0 Å². The highest BCUT2D eigenvalue weighted by Crippen LogP contribution is 2.31. The van der Waals surface area contributed by atoms with Gasteiger partial charge < -0.3 is 16.4 Å². The molecule has 0 aliphatic carbocycles.